The molecule has 0 aliphatic rings. The van der Waals surface area contributed by atoms with Gasteiger partial charge in [-0.25, -0.2) is 14.6 Å². The molecule has 29 heavy (non-hydrogen) atoms. The third-order valence-corrected chi connectivity index (χ3v) is 4.47. The largest absolute Gasteiger partial charge is 0.486 e. The summed E-state index contributed by atoms with van der Waals surface area (Å²) in [6, 6.07) is 11.3. The van der Waals surface area contributed by atoms with Gasteiger partial charge < -0.3 is 10.5 Å². The summed E-state index contributed by atoms with van der Waals surface area (Å²) in [5.74, 6) is 0.957. The van der Waals surface area contributed by atoms with Gasteiger partial charge in [-0.05, 0) is 37.3 Å². The molecule has 0 aliphatic heterocycles. The number of ether oxygens (including phenoxy) is 1. The van der Waals surface area contributed by atoms with E-state index in [4.69, 9.17) is 22.1 Å². The molecule has 3 heterocycles. The molecule has 0 unspecified atom stereocenters. The summed E-state index contributed by atoms with van der Waals surface area (Å²) in [5.41, 5.74) is 9.98. The van der Waals surface area contributed by atoms with Crippen molar-refractivity contribution in [3.05, 3.63) is 59.1 Å². The van der Waals surface area contributed by atoms with Crippen molar-refractivity contribution in [1.29, 1.82) is 0 Å². The van der Waals surface area contributed by atoms with Gasteiger partial charge in [0.1, 0.15) is 30.2 Å². The minimum absolute atomic E-state index is 0.341. The van der Waals surface area contributed by atoms with Crippen LogP contribution in [0.4, 0.5) is 5.82 Å². The van der Waals surface area contributed by atoms with Gasteiger partial charge in [-0.1, -0.05) is 31.5 Å². The summed E-state index contributed by atoms with van der Waals surface area (Å²) < 4.78 is 7.49. The molecular formula is C21H23ClN6O. The highest BCUT2D eigenvalue weighted by atomic mass is 35.5. The molecule has 0 aliphatic carbocycles. The number of aryl methyl sites for hydroxylation is 2. The molecule has 4 aromatic rings. The van der Waals surface area contributed by atoms with Crippen LogP contribution in [0.25, 0.3) is 22.3 Å². The van der Waals surface area contributed by atoms with Gasteiger partial charge in [-0.3, -0.25) is 4.98 Å². The second kappa shape index (κ2) is 8.87. The van der Waals surface area contributed by atoms with E-state index in [-0.39, 0.29) is 0 Å². The molecule has 0 atom stereocenters. The van der Waals surface area contributed by atoms with Gasteiger partial charge in [0.25, 0.3) is 0 Å². The molecule has 8 heteroatoms. The van der Waals surface area contributed by atoms with E-state index in [1.807, 2.05) is 58.2 Å². The van der Waals surface area contributed by atoms with Crippen LogP contribution < -0.4 is 10.5 Å². The number of nitrogen functional groups attached to an aromatic ring is 1. The molecule has 0 saturated carbocycles. The molecular weight excluding hydrogens is 388 g/mol. The molecule has 3 aromatic heterocycles. The number of hydrogen-bond acceptors (Lipinski definition) is 6. The maximum atomic E-state index is 6.43. The number of pyridine rings is 1. The van der Waals surface area contributed by atoms with Gasteiger partial charge in [0.2, 0.25) is 0 Å². The Hall–Kier alpha value is -3.19. The fourth-order valence-electron chi connectivity index (χ4n) is 2.91. The van der Waals surface area contributed by atoms with Crippen molar-refractivity contribution >= 4 is 28.5 Å². The molecule has 7 nitrogen and oxygen atoms in total. The maximum absolute atomic E-state index is 6.43. The number of fused-ring (bicyclic) bond motifs is 1. The van der Waals surface area contributed by atoms with Crippen molar-refractivity contribution in [1.82, 2.24) is 24.7 Å². The molecule has 0 bridgehead atoms. The van der Waals surface area contributed by atoms with Crippen LogP contribution in [-0.4, -0.2) is 24.7 Å². The summed E-state index contributed by atoms with van der Waals surface area (Å²) in [6.45, 7) is 6.28. The number of anilines is 1. The zero-order chi connectivity index (χ0) is 21.0. The number of rotatable bonds is 4. The lowest BCUT2D eigenvalue weighted by molar-refractivity contribution is 0.301. The van der Waals surface area contributed by atoms with Crippen LogP contribution in [0.2, 0.25) is 5.02 Å². The number of halogens is 1. The third kappa shape index (κ3) is 4.30. The summed E-state index contributed by atoms with van der Waals surface area (Å²) in [6.07, 6.45) is 1.42. The van der Waals surface area contributed by atoms with E-state index in [0.29, 0.717) is 39.9 Å². The van der Waals surface area contributed by atoms with Crippen LogP contribution in [0.1, 0.15) is 25.2 Å². The van der Waals surface area contributed by atoms with Crippen LogP contribution >= 0.6 is 11.6 Å². The minimum atomic E-state index is 0.341. The molecule has 0 radical (unpaired) electrons. The Kier molecular flexibility index (Phi) is 6.29. The molecule has 150 valence electrons. The number of benzene rings is 1. The number of hydrogen-bond donors (Lipinski definition) is 1. The smallest absolute Gasteiger partial charge is 0.163 e. The van der Waals surface area contributed by atoms with Crippen molar-refractivity contribution in [2.24, 2.45) is 7.05 Å². The van der Waals surface area contributed by atoms with Crippen molar-refractivity contribution in [3.63, 3.8) is 0 Å². The van der Waals surface area contributed by atoms with E-state index >= 15 is 0 Å². The standard InChI is InChI=1S/C19H17ClN6O.C2H6/c1-11-4-3-5-13(24-11)9-27-15-7-6-12(8-14(15)20)17-16-18(21)22-10-23-19(16)26(2)25-17;1-2/h3-8,10H,9H2,1-2H3,(H2,21,22,23);1-2H3. The quantitative estimate of drug-likeness (QED) is 0.529. The van der Waals surface area contributed by atoms with Crippen LogP contribution in [0.3, 0.4) is 0 Å². The summed E-state index contributed by atoms with van der Waals surface area (Å²) >= 11 is 6.43. The van der Waals surface area contributed by atoms with Crippen molar-refractivity contribution in [3.8, 4) is 17.0 Å². The van der Waals surface area contributed by atoms with E-state index < -0.39 is 0 Å². The van der Waals surface area contributed by atoms with E-state index in [0.717, 1.165) is 17.0 Å². The predicted octanol–water partition coefficient (Wildman–Crippen LogP) is 4.57. The molecule has 0 amide bonds. The fourth-order valence-corrected chi connectivity index (χ4v) is 3.14. The van der Waals surface area contributed by atoms with Gasteiger partial charge in [-0.2, -0.15) is 5.10 Å². The molecule has 0 fully saturated rings. The lowest BCUT2D eigenvalue weighted by Crippen LogP contribution is -1.99. The van der Waals surface area contributed by atoms with E-state index in [2.05, 4.69) is 20.1 Å². The van der Waals surface area contributed by atoms with Crippen LogP contribution in [-0.2, 0) is 13.7 Å². The van der Waals surface area contributed by atoms with Gasteiger partial charge in [0.15, 0.2) is 5.65 Å². The second-order valence-electron chi connectivity index (χ2n) is 6.13. The first kappa shape index (κ1) is 20.5. The van der Waals surface area contributed by atoms with Gasteiger partial charge in [0.05, 0.1) is 16.1 Å². The van der Waals surface area contributed by atoms with Crippen LogP contribution in [0, 0.1) is 6.92 Å². The number of nitrogens with zero attached hydrogens (tertiary/aromatic N) is 5. The van der Waals surface area contributed by atoms with E-state index in [1.54, 1.807) is 10.7 Å². The third-order valence-electron chi connectivity index (χ3n) is 4.18. The fraction of sp³-hybridized carbons (Fsp3) is 0.238. The van der Waals surface area contributed by atoms with Gasteiger partial charge >= 0.3 is 0 Å². The Labute approximate surface area is 174 Å². The monoisotopic (exact) mass is 410 g/mol. The van der Waals surface area contributed by atoms with Crippen molar-refractivity contribution in [2.45, 2.75) is 27.4 Å². The first-order valence-corrected chi connectivity index (χ1v) is 9.69. The second-order valence-corrected chi connectivity index (χ2v) is 6.54. The number of nitrogens with two attached hydrogens (primary N) is 1. The molecule has 2 N–H and O–H groups in total. The molecule has 0 spiro atoms. The zero-order valence-corrected chi connectivity index (χ0v) is 17.6. The van der Waals surface area contributed by atoms with Crippen molar-refractivity contribution < 1.29 is 4.74 Å². The van der Waals surface area contributed by atoms with Gasteiger partial charge in [-0.15, -0.1) is 0 Å². The Bertz CT molecular complexity index is 1140. The lowest BCUT2D eigenvalue weighted by Gasteiger charge is -2.09. The highest BCUT2D eigenvalue weighted by molar-refractivity contribution is 6.32. The molecule has 0 saturated heterocycles. The first-order chi connectivity index (χ1) is 14.0. The average Bonchev–Trinajstić information content (AvgIpc) is 3.07. The Morgan fingerprint density at radius 2 is 1.93 bits per heavy atom. The summed E-state index contributed by atoms with van der Waals surface area (Å²) in [5, 5.41) is 5.70. The number of aromatic nitrogens is 5. The summed E-state index contributed by atoms with van der Waals surface area (Å²) in [7, 11) is 1.81. The van der Waals surface area contributed by atoms with Crippen molar-refractivity contribution in [2.75, 3.05) is 5.73 Å². The molecule has 1 aromatic carbocycles. The topological polar surface area (TPSA) is 91.7 Å². The van der Waals surface area contributed by atoms with E-state index in [1.165, 1.54) is 6.33 Å². The molecule has 4 rings (SSSR count). The van der Waals surface area contributed by atoms with Crippen LogP contribution in [0.15, 0.2) is 42.7 Å². The summed E-state index contributed by atoms with van der Waals surface area (Å²) in [4.78, 5) is 12.7. The SMILES string of the molecule is CC.Cc1cccc(COc2ccc(-c3nn(C)c4ncnc(N)c34)cc2Cl)n1. The predicted molar refractivity (Wildman–Crippen MR) is 116 cm³/mol. The first-order valence-electron chi connectivity index (χ1n) is 9.31. The van der Waals surface area contributed by atoms with Crippen LogP contribution in [0.5, 0.6) is 5.75 Å². The lowest BCUT2D eigenvalue weighted by atomic mass is 10.1. The Morgan fingerprint density at radius 3 is 2.66 bits per heavy atom. The maximum Gasteiger partial charge on any atom is 0.163 e. The average molecular weight is 411 g/mol. The Morgan fingerprint density at radius 1 is 1.14 bits per heavy atom. The zero-order valence-electron chi connectivity index (χ0n) is 16.8. The normalized spacial score (nSPS) is 10.5. The highest BCUT2D eigenvalue weighted by Gasteiger charge is 2.16. The van der Waals surface area contributed by atoms with Gasteiger partial charge in [0, 0.05) is 18.3 Å². The Balaban J connectivity index is 0.00000117. The minimum Gasteiger partial charge on any atom is -0.486 e. The van der Waals surface area contributed by atoms with E-state index in [9.17, 15) is 0 Å². The highest BCUT2D eigenvalue weighted by Crippen LogP contribution is 2.34.